The van der Waals surface area contributed by atoms with E-state index in [9.17, 15) is 14.7 Å². The number of aromatic nitrogens is 2. The van der Waals surface area contributed by atoms with Crippen molar-refractivity contribution in [1.29, 1.82) is 0 Å². The van der Waals surface area contributed by atoms with E-state index in [0.717, 1.165) is 50.5 Å². The van der Waals surface area contributed by atoms with Crippen molar-refractivity contribution < 1.29 is 14.7 Å². The third-order valence-corrected chi connectivity index (χ3v) is 6.79. The number of benzene rings is 1. The van der Waals surface area contributed by atoms with Gasteiger partial charge in [0.05, 0.1) is 0 Å². The monoisotopic (exact) mass is 477 g/mol. The summed E-state index contributed by atoms with van der Waals surface area (Å²) < 4.78 is 2.37. The molecule has 0 radical (unpaired) electrons. The highest BCUT2D eigenvalue weighted by molar-refractivity contribution is 5.84. The lowest BCUT2D eigenvalue weighted by Gasteiger charge is -2.31. The predicted octanol–water partition coefficient (Wildman–Crippen LogP) is 4.95. The van der Waals surface area contributed by atoms with Gasteiger partial charge < -0.3 is 25.2 Å². The first kappa shape index (κ1) is 24.6. The van der Waals surface area contributed by atoms with Gasteiger partial charge in [0, 0.05) is 61.7 Å². The van der Waals surface area contributed by atoms with Crippen LogP contribution < -0.4 is 10.6 Å². The second-order valence-corrected chi connectivity index (χ2v) is 9.21. The van der Waals surface area contributed by atoms with Crippen LogP contribution in [0.15, 0.2) is 55.0 Å². The molecule has 0 bridgehead atoms. The Morgan fingerprint density at radius 2 is 1.80 bits per heavy atom. The molecule has 35 heavy (non-hydrogen) atoms. The first-order valence-corrected chi connectivity index (χ1v) is 12.6. The summed E-state index contributed by atoms with van der Waals surface area (Å²) >= 11 is 0. The highest BCUT2D eigenvalue weighted by atomic mass is 16.4. The molecular weight excluding hydrogens is 442 g/mol. The largest absolute Gasteiger partial charge is 0.465 e. The van der Waals surface area contributed by atoms with Crippen LogP contribution in [0.25, 0.3) is 10.9 Å². The summed E-state index contributed by atoms with van der Waals surface area (Å²) in [6, 6.07) is 12.5. The Hall–Kier alpha value is -3.55. The molecule has 1 fully saturated rings. The lowest BCUT2D eigenvalue weighted by molar-refractivity contribution is 0.126. The number of unbranched alkanes of at least 4 members (excludes halogenated alkanes) is 3. The van der Waals surface area contributed by atoms with Crippen molar-refractivity contribution in [2.24, 2.45) is 0 Å². The molecule has 3 amide bonds. The number of para-hydroxylation sites is 1. The Bertz CT molecular complexity index is 1110. The molecule has 1 aliphatic heterocycles. The second kappa shape index (κ2) is 12.2. The predicted molar refractivity (Wildman–Crippen MR) is 136 cm³/mol. The van der Waals surface area contributed by atoms with Crippen molar-refractivity contribution in [3.05, 3.63) is 66.1 Å². The van der Waals surface area contributed by atoms with Crippen LogP contribution >= 0.6 is 0 Å². The fraction of sp³-hybridized carbons (Fsp3) is 0.444. The number of carbonyl (C=O) groups excluding carboxylic acids is 1. The molecule has 4 rings (SSSR count). The molecule has 1 saturated heterocycles. The number of amides is 3. The molecular formula is C27H35N5O3. The van der Waals surface area contributed by atoms with Crippen LogP contribution in [0.2, 0.25) is 0 Å². The Morgan fingerprint density at radius 1 is 1.00 bits per heavy atom. The first-order chi connectivity index (χ1) is 17.1. The van der Waals surface area contributed by atoms with Crippen molar-refractivity contribution in [1.82, 2.24) is 25.1 Å². The Kier molecular flexibility index (Phi) is 8.59. The molecule has 1 aromatic carbocycles. The van der Waals surface area contributed by atoms with Crippen LogP contribution in [0, 0.1) is 0 Å². The topological polar surface area (TPSA) is 99.5 Å². The fourth-order valence-electron chi connectivity index (χ4n) is 4.86. The molecule has 3 heterocycles. The lowest BCUT2D eigenvalue weighted by atomic mass is 10.0. The fourth-order valence-corrected chi connectivity index (χ4v) is 4.86. The molecule has 3 N–H and O–H groups in total. The minimum atomic E-state index is -0.818. The van der Waals surface area contributed by atoms with E-state index in [-0.39, 0.29) is 6.03 Å². The molecule has 2 aromatic heterocycles. The maximum atomic E-state index is 11.9. The van der Waals surface area contributed by atoms with Crippen molar-refractivity contribution in [2.75, 3.05) is 19.6 Å². The van der Waals surface area contributed by atoms with E-state index in [0.29, 0.717) is 32.2 Å². The van der Waals surface area contributed by atoms with Gasteiger partial charge in [-0.15, -0.1) is 0 Å². The zero-order chi connectivity index (χ0) is 24.5. The maximum absolute atomic E-state index is 11.9. The number of hydrogen-bond donors (Lipinski definition) is 3. The van der Waals surface area contributed by atoms with E-state index < -0.39 is 6.09 Å². The number of fused-ring (bicyclic) bond motifs is 1. The Balaban J connectivity index is 1.18. The van der Waals surface area contributed by atoms with E-state index in [1.807, 2.05) is 12.1 Å². The summed E-state index contributed by atoms with van der Waals surface area (Å²) in [4.78, 5) is 28.7. The molecule has 1 aliphatic rings. The minimum Gasteiger partial charge on any atom is -0.465 e. The number of piperidine rings is 1. The van der Waals surface area contributed by atoms with Gasteiger partial charge in [-0.2, -0.15) is 0 Å². The molecule has 0 spiro atoms. The van der Waals surface area contributed by atoms with Gasteiger partial charge in [0.2, 0.25) is 0 Å². The van der Waals surface area contributed by atoms with E-state index in [2.05, 4.69) is 50.6 Å². The third-order valence-electron chi connectivity index (χ3n) is 6.79. The summed E-state index contributed by atoms with van der Waals surface area (Å²) in [5.41, 5.74) is 3.60. The van der Waals surface area contributed by atoms with E-state index in [1.165, 1.54) is 21.4 Å². The zero-order valence-corrected chi connectivity index (χ0v) is 20.2. The summed E-state index contributed by atoms with van der Waals surface area (Å²) in [7, 11) is 0. The van der Waals surface area contributed by atoms with Crippen LogP contribution in [0.1, 0.15) is 55.7 Å². The highest BCUT2D eigenvalue weighted by Crippen LogP contribution is 2.31. The number of likely N-dealkylation sites (tertiary alicyclic amines) is 1. The number of aryl methyl sites for hydroxylation is 1. The van der Waals surface area contributed by atoms with E-state index in [1.54, 1.807) is 12.4 Å². The molecule has 8 heteroatoms. The van der Waals surface area contributed by atoms with Crippen molar-refractivity contribution in [3.8, 4) is 0 Å². The Morgan fingerprint density at radius 3 is 2.57 bits per heavy atom. The highest BCUT2D eigenvalue weighted by Gasteiger charge is 2.24. The molecule has 0 aliphatic carbocycles. The molecule has 3 aromatic rings. The van der Waals surface area contributed by atoms with Crippen LogP contribution in [0.4, 0.5) is 9.59 Å². The normalized spacial score (nSPS) is 14.2. The van der Waals surface area contributed by atoms with Gasteiger partial charge in [0.15, 0.2) is 0 Å². The average Bonchev–Trinajstić information content (AvgIpc) is 3.26. The maximum Gasteiger partial charge on any atom is 0.407 e. The number of hydrogen-bond acceptors (Lipinski definition) is 3. The minimum absolute atomic E-state index is 0.143. The van der Waals surface area contributed by atoms with E-state index in [4.69, 9.17) is 0 Å². The van der Waals surface area contributed by atoms with Crippen molar-refractivity contribution >= 4 is 23.0 Å². The number of carboxylic acid groups (broad SMARTS) is 1. The second-order valence-electron chi connectivity index (χ2n) is 9.21. The molecule has 186 valence electrons. The SMILES string of the molecule is O=C(NCCCCCCc1cn(C2CCN(C(=O)O)CC2)c2ccccc12)NCc1cccnc1. The summed E-state index contributed by atoms with van der Waals surface area (Å²) in [6.07, 6.45) is 11.9. The average molecular weight is 478 g/mol. The van der Waals surface area contributed by atoms with Gasteiger partial charge in [-0.05, 0) is 55.4 Å². The molecule has 8 nitrogen and oxygen atoms in total. The molecule has 0 saturated carbocycles. The summed E-state index contributed by atoms with van der Waals surface area (Å²) in [5.74, 6) is 0. The molecule has 0 unspecified atom stereocenters. The van der Waals surface area contributed by atoms with Gasteiger partial charge in [0.1, 0.15) is 0 Å². The molecule has 0 atom stereocenters. The first-order valence-electron chi connectivity index (χ1n) is 12.6. The van der Waals surface area contributed by atoms with Crippen molar-refractivity contribution in [3.63, 3.8) is 0 Å². The van der Waals surface area contributed by atoms with Gasteiger partial charge in [-0.1, -0.05) is 37.1 Å². The number of carbonyl (C=O) groups is 2. The van der Waals surface area contributed by atoms with Crippen LogP contribution in [0.5, 0.6) is 0 Å². The van der Waals surface area contributed by atoms with Crippen LogP contribution in [-0.2, 0) is 13.0 Å². The number of rotatable bonds is 10. The van der Waals surface area contributed by atoms with E-state index >= 15 is 0 Å². The lowest BCUT2D eigenvalue weighted by Crippen LogP contribution is -2.37. The Labute approximate surface area is 206 Å². The quantitative estimate of drug-likeness (QED) is 0.360. The van der Waals surface area contributed by atoms with Crippen molar-refractivity contribution in [2.45, 2.75) is 57.5 Å². The summed E-state index contributed by atoms with van der Waals surface area (Å²) in [6.45, 7) is 2.34. The smallest absolute Gasteiger partial charge is 0.407 e. The number of nitrogens with one attached hydrogen (secondary N) is 2. The van der Waals surface area contributed by atoms with Crippen LogP contribution in [0.3, 0.4) is 0 Å². The zero-order valence-electron chi connectivity index (χ0n) is 20.2. The number of urea groups is 1. The van der Waals surface area contributed by atoms with Gasteiger partial charge in [-0.25, -0.2) is 9.59 Å². The van der Waals surface area contributed by atoms with Gasteiger partial charge >= 0.3 is 12.1 Å². The number of nitrogens with zero attached hydrogens (tertiary/aromatic N) is 3. The third kappa shape index (κ3) is 6.74. The van der Waals surface area contributed by atoms with Gasteiger partial charge in [0.25, 0.3) is 0 Å². The van der Waals surface area contributed by atoms with Crippen LogP contribution in [-0.4, -0.2) is 51.3 Å². The number of pyridine rings is 1. The van der Waals surface area contributed by atoms with Gasteiger partial charge in [-0.3, -0.25) is 4.98 Å². The summed E-state index contributed by atoms with van der Waals surface area (Å²) in [5, 5.41) is 16.3. The standard InChI is InChI=1S/C27H35N5O3/c33-26(30-19-21-8-7-14-28-18-21)29-15-6-2-1-3-9-22-20-32(25-11-5-4-10-24(22)25)23-12-16-31(17-13-23)27(34)35/h4-5,7-8,10-11,14,18,20,23H,1-3,6,9,12-13,15-17,19H2,(H,34,35)(H2,29,30,33).